The third-order valence-electron chi connectivity index (χ3n) is 1.83. The van der Waals surface area contributed by atoms with Gasteiger partial charge in [0.25, 0.3) is 0 Å². The van der Waals surface area contributed by atoms with Crippen molar-refractivity contribution >= 4 is 21.6 Å². The highest BCUT2D eigenvalue weighted by atomic mass is 79.9. The summed E-state index contributed by atoms with van der Waals surface area (Å²) < 4.78 is 36.2. The van der Waals surface area contributed by atoms with Crippen LogP contribution in [-0.4, -0.2) is 12.7 Å². The van der Waals surface area contributed by atoms with Crippen LogP contribution in [0.25, 0.3) is 0 Å². The molecule has 6 heteroatoms. The Kier molecular flexibility index (Phi) is 4.19. The van der Waals surface area contributed by atoms with Gasteiger partial charge in [-0.25, -0.2) is 0 Å². The van der Waals surface area contributed by atoms with E-state index < -0.39 is 12.6 Å². The molecule has 0 aromatic heterocycles. The first kappa shape index (κ1) is 12.8. The monoisotopic (exact) mass is 292 g/mol. The first-order valence-electron chi connectivity index (χ1n) is 4.42. The van der Waals surface area contributed by atoms with Gasteiger partial charge in [-0.2, -0.15) is 18.4 Å². The highest BCUT2D eigenvalue weighted by Crippen LogP contribution is 2.22. The summed E-state index contributed by atoms with van der Waals surface area (Å²) in [5.41, 5.74) is 0.997. The molecule has 0 atom stereocenters. The summed E-state index contributed by atoms with van der Waals surface area (Å²) in [6, 6.07) is 6.64. The molecule has 0 unspecified atom stereocenters. The van der Waals surface area contributed by atoms with E-state index in [1.807, 2.05) is 6.07 Å². The molecule has 0 radical (unpaired) electrons. The van der Waals surface area contributed by atoms with Crippen LogP contribution in [0.1, 0.15) is 12.0 Å². The zero-order valence-corrected chi connectivity index (χ0v) is 9.69. The molecule has 0 saturated heterocycles. The first-order valence-corrected chi connectivity index (χ1v) is 5.22. The Hall–Kier alpha value is -1.22. The molecule has 0 aliphatic heterocycles. The van der Waals surface area contributed by atoms with Crippen LogP contribution in [0.4, 0.5) is 18.9 Å². The van der Waals surface area contributed by atoms with Gasteiger partial charge in [0.1, 0.15) is 6.07 Å². The summed E-state index contributed by atoms with van der Waals surface area (Å²) in [6.45, 7) is -0.179. The second-order valence-electron chi connectivity index (χ2n) is 3.10. The molecule has 0 spiro atoms. The lowest BCUT2D eigenvalue weighted by molar-refractivity contribution is -0.131. The Morgan fingerprint density at radius 3 is 2.56 bits per heavy atom. The summed E-state index contributed by atoms with van der Waals surface area (Å²) in [5, 5.41) is 11.3. The lowest BCUT2D eigenvalue weighted by atomic mass is 10.2. The molecule has 1 rings (SSSR count). The molecule has 0 fully saturated rings. The van der Waals surface area contributed by atoms with Gasteiger partial charge in [0.2, 0.25) is 0 Å². The van der Waals surface area contributed by atoms with Crippen molar-refractivity contribution in [3.63, 3.8) is 0 Å². The average Bonchev–Trinajstić information content (AvgIpc) is 2.16. The molecule has 16 heavy (non-hydrogen) atoms. The van der Waals surface area contributed by atoms with Crippen molar-refractivity contribution in [3.05, 3.63) is 28.2 Å². The van der Waals surface area contributed by atoms with E-state index in [4.69, 9.17) is 5.26 Å². The maximum atomic E-state index is 11.9. The molecule has 0 amide bonds. The Morgan fingerprint density at radius 1 is 1.38 bits per heavy atom. The average molecular weight is 293 g/mol. The van der Waals surface area contributed by atoms with E-state index in [1.54, 1.807) is 18.2 Å². The van der Waals surface area contributed by atoms with Gasteiger partial charge < -0.3 is 5.32 Å². The topological polar surface area (TPSA) is 35.8 Å². The molecule has 2 nitrogen and oxygen atoms in total. The number of hydrogen-bond acceptors (Lipinski definition) is 2. The molecule has 86 valence electrons. The van der Waals surface area contributed by atoms with Crippen LogP contribution in [0.5, 0.6) is 0 Å². The minimum Gasteiger partial charge on any atom is -0.385 e. The summed E-state index contributed by atoms with van der Waals surface area (Å²) in [6.07, 6.45) is -5.04. The van der Waals surface area contributed by atoms with Gasteiger partial charge in [0, 0.05) is 16.7 Å². The number of alkyl halides is 3. The quantitative estimate of drug-likeness (QED) is 0.922. The second kappa shape index (κ2) is 5.21. The van der Waals surface area contributed by atoms with Crippen LogP contribution in [-0.2, 0) is 0 Å². The predicted octanol–water partition coefficient (Wildman–Crippen LogP) is 3.69. The van der Waals surface area contributed by atoms with Gasteiger partial charge in [-0.1, -0.05) is 0 Å². The SMILES string of the molecule is N#Cc1ccc(NCCC(F)(F)F)cc1Br. The van der Waals surface area contributed by atoms with Gasteiger partial charge in [0.05, 0.1) is 12.0 Å². The summed E-state index contributed by atoms with van der Waals surface area (Å²) in [7, 11) is 0. The van der Waals surface area contributed by atoms with E-state index >= 15 is 0 Å². The van der Waals surface area contributed by atoms with E-state index in [2.05, 4.69) is 21.2 Å². The molecular formula is C10H8BrF3N2. The predicted molar refractivity (Wildman–Crippen MR) is 58.0 cm³/mol. The lowest BCUT2D eigenvalue weighted by Crippen LogP contribution is -2.14. The number of anilines is 1. The lowest BCUT2D eigenvalue weighted by Gasteiger charge is -2.09. The maximum absolute atomic E-state index is 11.9. The highest BCUT2D eigenvalue weighted by molar-refractivity contribution is 9.10. The minimum absolute atomic E-state index is 0.179. The van der Waals surface area contributed by atoms with Crippen molar-refractivity contribution in [1.82, 2.24) is 0 Å². The van der Waals surface area contributed by atoms with Crippen molar-refractivity contribution in [2.75, 3.05) is 11.9 Å². The van der Waals surface area contributed by atoms with Crippen LogP contribution >= 0.6 is 15.9 Å². The Bertz CT molecular complexity index is 410. The largest absolute Gasteiger partial charge is 0.390 e. The Balaban J connectivity index is 2.57. The Morgan fingerprint density at radius 2 is 2.06 bits per heavy atom. The van der Waals surface area contributed by atoms with Gasteiger partial charge >= 0.3 is 6.18 Å². The molecule has 0 saturated carbocycles. The number of rotatable bonds is 3. The maximum Gasteiger partial charge on any atom is 0.390 e. The number of halogens is 4. The van der Waals surface area contributed by atoms with E-state index in [9.17, 15) is 13.2 Å². The van der Waals surface area contributed by atoms with E-state index in [0.717, 1.165) is 0 Å². The van der Waals surface area contributed by atoms with Crippen molar-refractivity contribution in [2.45, 2.75) is 12.6 Å². The van der Waals surface area contributed by atoms with Gasteiger partial charge in [-0.05, 0) is 34.1 Å². The fourth-order valence-electron chi connectivity index (χ4n) is 1.06. The smallest absolute Gasteiger partial charge is 0.385 e. The molecule has 0 aliphatic rings. The molecular weight excluding hydrogens is 285 g/mol. The number of hydrogen-bond donors (Lipinski definition) is 1. The van der Waals surface area contributed by atoms with Crippen LogP contribution in [0, 0.1) is 11.3 Å². The summed E-state index contributed by atoms with van der Waals surface area (Å²) in [5.74, 6) is 0. The molecule has 0 bridgehead atoms. The van der Waals surface area contributed by atoms with Crippen molar-refractivity contribution in [2.24, 2.45) is 0 Å². The molecule has 1 N–H and O–H groups in total. The third kappa shape index (κ3) is 4.11. The Labute approximate surface area is 99.2 Å². The van der Waals surface area contributed by atoms with Crippen molar-refractivity contribution in [1.29, 1.82) is 5.26 Å². The third-order valence-corrected chi connectivity index (χ3v) is 2.48. The zero-order chi connectivity index (χ0) is 12.2. The van der Waals surface area contributed by atoms with Crippen LogP contribution < -0.4 is 5.32 Å². The molecule has 0 aliphatic carbocycles. The normalized spacial score (nSPS) is 10.9. The first-order chi connectivity index (χ1) is 7.42. The second-order valence-corrected chi connectivity index (χ2v) is 3.95. The van der Waals surface area contributed by atoms with Crippen LogP contribution in [0.15, 0.2) is 22.7 Å². The van der Waals surface area contributed by atoms with Crippen LogP contribution in [0.3, 0.4) is 0 Å². The standard InChI is InChI=1S/C10H8BrF3N2/c11-9-5-8(2-1-7(9)6-15)16-4-3-10(12,13)14/h1-2,5,16H,3-4H2. The summed E-state index contributed by atoms with van der Waals surface area (Å²) >= 11 is 3.15. The molecule has 1 aromatic rings. The number of benzene rings is 1. The van der Waals surface area contributed by atoms with E-state index in [0.29, 0.717) is 15.7 Å². The number of nitriles is 1. The molecule has 1 aromatic carbocycles. The van der Waals surface area contributed by atoms with Crippen molar-refractivity contribution in [3.8, 4) is 6.07 Å². The van der Waals surface area contributed by atoms with Gasteiger partial charge in [-0.3, -0.25) is 0 Å². The van der Waals surface area contributed by atoms with Crippen molar-refractivity contribution < 1.29 is 13.2 Å². The highest BCUT2D eigenvalue weighted by Gasteiger charge is 2.26. The minimum atomic E-state index is -4.16. The zero-order valence-electron chi connectivity index (χ0n) is 8.11. The van der Waals surface area contributed by atoms with Gasteiger partial charge in [-0.15, -0.1) is 0 Å². The fraction of sp³-hybridized carbons (Fsp3) is 0.300. The van der Waals surface area contributed by atoms with Crippen LogP contribution in [0.2, 0.25) is 0 Å². The number of nitrogens with zero attached hydrogens (tertiary/aromatic N) is 1. The van der Waals surface area contributed by atoms with Gasteiger partial charge in [0.15, 0.2) is 0 Å². The van der Waals surface area contributed by atoms with E-state index in [-0.39, 0.29) is 6.54 Å². The number of nitrogens with one attached hydrogen (secondary N) is 1. The summed E-state index contributed by atoms with van der Waals surface area (Å²) in [4.78, 5) is 0. The molecule has 0 heterocycles. The van der Waals surface area contributed by atoms with E-state index in [1.165, 1.54) is 0 Å². The fourth-order valence-corrected chi connectivity index (χ4v) is 1.53.